The third-order valence-electron chi connectivity index (χ3n) is 1.73. The Labute approximate surface area is 120 Å². The number of nitrogens with zero attached hydrogens (tertiary/aromatic N) is 2. The molecule has 5 nitrogen and oxygen atoms in total. The summed E-state index contributed by atoms with van der Waals surface area (Å²) in [5.74, 6) is -0.951. The van der Waals surface area contributed by atoms with E-state index in [1.807, 2.05) is 0 Å². The molecule has 0 saturated carbocycles. The van der Waals surface area contributed by atoms with Crippen LogP contribution in [0.5, 0.6) is 0 Å². The normalized spacial score (nSPS) is 11.2. The summed E-state index contributed by atoms with van der Waals surface area (Å²) in [6.45, 7) is 0. The van der Waals surface area contributed by atoms with Gasteiger partial charge < -0.3 is 34.8 Å². The van der Waals surface area contributed by atoms with Crippen LogP contribution < -0.4 is 29.7 Å². The molecule has 1 rings (SSSR count). The SMILES string of the molecule is CS/C(N)=N/N=C/c1ccc(C(=O)O)cc1.[I-]. The van der Waals surface area contributed by atoms with E-state index in [4.69, 9.17) is 10.8 Å². The molecule has 0 spiro atoms. The molecule has 0 unspecified atom stereocenters. The van der Waals surface area contributed by atoms with Crippen LogP contribution in [-0.2, 0) is 0 Å². The van der Waals surface area contributed by atoms with Crippen molar-refractivity contribution >= 4 is 29.1 Å². The van der Waals surface area contributed by atoms with Crippen molar-refractivity contribution in [3.63, 3.8) is 0 Å². The maximum absolute atomic E-state index is 10.6. The van der Waals surface area contributed by atoms with Gasteiger partial charge in [-0.15, -0.1) is 5.10 Å². The van der Waals surface area contributed by atoms with Crippen LogP contribution in [0, 0.1) is 0 Å². The molecule has 0 fully saturated rings. The average molecular weight is 364 g/mol. The summed E-state index contributed by atoms with van der Waals surface area (Å²) in [5, 5.41) is 16.5. The summed E-state index contributed by atoms with van der Waals surface area (Å²) in [4.78, 5) is 10.6. The molecule has 0 aliphatic heterocycles. The van der Waals surface area contributed by atoms with E-state index in [0.717, 1.165) is 5.56 Å². The Morgan fingerprint density at radius 2 is 2.00 bits per heavy atom. The first kappa shape index (κ1) is 15.9. The molecule has 1 aromatic rings. The van der Waals surface area contributed by atoms with Crippen LogP contribution in [-0.4, -0.2) is 28.7 Å². The molecule has 1 aromatic carbocycles. The van der Waals surface area contributed by atoms with Crippen LogP contribution in [0.25, 0.3) is 0 Å². The van der Waals surface area contributed by atoms with Gasteiger partial charge in [0, 0.05) is 0 Å². The van der Waals surface area contributed by atoms with Gasteiger partial charge in [-0.1, -0.05) is 23.9 Å². The fourth-order valence-corrected chi connectivity index (χ4v) is 1.03. The van der Waals surface area contributed by atoms with E-state index in [2.05, 4.69) is 10.2 Å². The molecule has 0 atom stereocenters. The Kier molecular flexibility index (Phi) is 7.55. The fraction of sp³-hybridized carbons (Fsp3) is 0.100. The fourth-order valence-electron chi connectivity index (χ4n) is 0.905. The molecule has 92 valence electrons. The highest BCUT2D eigenvalue weighted by Gasteiger charge is 1.99. The summed E-state index contributed by atoms with van der Waals surface area (Å²) in [6.07, 6.45) is 3.31. The quantitative estimate of drug-likeness (QED) is 0.293. The summed E-state index contributed by atoms with van der Waals surface area (Å²) < 4.78 is 0. The minimum absolute atomic E-state index is 0. The van der Waals surface area contributed by atoms with Crippen molar-refractivity contribution in [1.29, 1.82) is 0 Å². The van der Waals surface area contributed by atoms with Crippen molar-refractivity contribution in [1.82, 2.24) is 0 Å². The van der Waals surface area contributed by atoms with Crippen LogP contribution in [0.4, 0.5) is 0 Å². The number of carboxylic acids is 1. The molecule has 0 aromatic heterocycles. The predicted molar refractivity (Wildman–Crippen MR) is 66.1 cm³/mol. The lowest BCUT2D eigenvalue weighted by Crippen LogP contribution is -3.00. The van der Waals surface area contributed by atoms with Crippen molar-refractivity contribution in [2.45, 2.75) is 0 Å². The Bertz CT molecular complexity index is 432. The number of carbonyl (C=O) groups is 1. The summed E-state index contributed by atoms with van der Waals surface area (Å²) in [7, 11) is 0. The minimum atomic E-state index is -0.951. The Morgan fingerprint density at radius 1 is 1.41 bits per heavy atom. The lowest BCUT2D eigenvalue weighted by molar-refractivity contribution is -0.0000189. The van der Waals surface area contributed by atoms with E-state index in [9.17, 15) is 4.79 Å². The highest BCUT2D eigenvalue weighted by atomic mass is 127. The van der Waals surface area contributed by atoms with E-state index in [-0.39, 0.29) is 29.5 Å². The Morgan fingerprint density at radius 3 is 2.47 bits per heavy atom. The molecule has 0 radical (unpaired) electrons. The first-order valence-electron chi connectivity index (χ1n) is 4.37. The van der Waals surface area contributed by atoms with Crippen LogP contribution in [0.1, 0.15) is 15.9 Å². The second kappa shape index (κ2) is 8.07. The summed E-state index contributed by atoms with van der Waals surface area (Å²) >= 11 is 1.30. The van der Waals surface area contributed by atoms with Gasteiger partial charge in [-0.05, 0) is 24.0 Å². The molecule has 17 heavy (non-hydrogen) atoms. The third kappa shape index (κ3) is 5.68. The predicted octanol–water partition coefficient (Wildman–Crippen LogP) is -1.60. The number of hydrogen-bond acceptors (Lipinski definition) is 4. The van der Waals surface area contributed by atoms with Crippen LogP contribution >= 0.6 is 11.8 Å². The number of benzene rings is 1. The van der Waals surface area contributed by atoms with Gasteiger partial charge in [0.2, 0.25) is 0 Å². The van der Waals surface area contributed by atoms with Crippen LogP contribution in [0.2, 0.25) is 0 Å². The van der Waals surface area contributed by atoms with Gasteiger partial charge in [-0.2, -0.15) is 5.10 Å². The van der Waals surface area contributed by atoms with E-state index < -0.39 is 5.97 Å². The second-order valence-corrected chi connectivity index (χ2v) is 3.64. The van der Waals surface area contributed by atoms with Gasteiger partial charge in [-0.3, -0.25) is 0 Å². The third-order valence-corrected chi connectivity index (χ3v) is 2.23. The number of hydrogen-bond donors (Lipinski definition) is 2. The average Bonchev–Trinajstić information content (AvgIpc) is 2.29. The van der Waals surface area contributed by atoms with Crippen LogP contribution in [0.3, 0.4) is 0 Å². The van der Waals surface area contributed by atoms with Crippen molar-refractivity contribution in [2.24, 2.45) is 15.9 Å². The van der Waals surface area contributed by atoms with E-state index in [1.54, 1.807) is 18.4 Å². The van der Waals surface area contributed by atoms with Crippen LogP contribution in [0.15, 0.2) is 34.5 Å². The number of amidine groups is 1. The topological polar surface area (TPSA) is 88.0 Å². The molecular formula is C10H11IN3O2S-. The summed E-state index contributed by atoms with van der Waals surface area (Å²) in [6, 6.07) is 6.31. The largest absolute Gasteiger partial charge is 1.00 e. The molecule has 0 aliphatic carbocycles. The molecule has 0 aliphatic rings. The molecule has 0 bridgehead atoms. The van der Waals surface area contributed by atoms with E-state index >= 15 is 0 Å². The van der Waals surface area contributed by atoms with Crippen molar-refractivity contribution in [3.05, 3.63) is 35.4 Å². The highest BCUT2D eigenvalue weighted by Crippen LogP contribution is 2.02. The molecule has 3 N–H and O–H groups in total. The lowest BCUT2D eigenvalue weighted by Gasteiger charge is -1.94. The first-order valence-corrected chi connectivity index (χ1v) is 5.60. The molecule has 7 heteroatoms. The van der Waals surface area contributed by atoms with Gasteiger partial charge in [-0.25, -0.2) is 4.79 Å². The van der Waals surface area contributed by atoms with Crippen molar-refractivity contribution in [3.8, 4) is 0 Å². The zero-order valence-electron chi connectivity index (χ0n) is 9.00. The number of halogens is 1. The highest BCUT2D eigenvalue weighted by molar-refractivity contribution is 8.13. The van der Waals surface area contributed by atoms with Gasteiger partial charge in [0.1, 0.15) is 0 Å². The first-order chi connectivity index (χ1) is 7.63. The zero-order valence-corrected chi connectivity index (χ0v) is 12.0. The van der Waals surface area contributed by atoms with E-state index in [0.29, 0.717) is 5.17 Å². The monoisotopic (exact) mass is 364 g/mol. The maximum atomic E-state index is 10.6. The molecule has 0 heterocycles. The number of nitrogens with two attached hydrogens (primary N) is 1. The van der Waals surface area contributed by atoms with Crippen molar-refractivity contribution in [2.75, 3.05) is 6.26 Å². The maximum Gasteiger partial charge on any atom is 0.335 e. The second-order valence-electron chi connectivity index (χ2n) is 2.81. The Balaban J connectivity index is 0.00000256. The Hall–Kier alpha value is -1.09. The molecular weight excluding hydrogens is 353 g/mol. The number of carboxylic acid groups (broad SMARTS) is 1. The lowest BCUT2D eigenvalue weighted by atomic mass is 10.1. The van der Waals surface area contributed by atoms with Gasteiger partial charge in [0.15, 0.2) is 5.17 Å². The van der Waals surface area contributed by atoms with Gasteiger partial charge in [0.05, 0.1) is 11.8 Å². The van der Waals surface area contributed by atoms with E-state index in [1.165, 1.54) is 30.1 Å². The van der Waals surface area contributed by atoms with Gasteiger partial charge >= 0.3 is 5.97 Å². The zero-order chi connectivity index (χ0) is 12.0. The van der Waals surface area contributed by atoms with Crippen molar-refractivity contribution < 1.29 is 33.9 Å². The standard InChI is InChI=1S/C10H11N3O2S.HI/c1-16-10(11)13-12-6-7-2-4-8(5-3-7)9(14)15;/h2-6H,1H3,(H2,11,13)(H,14,15);1H/p-1/b12-6+;. The summed E-state index contributed by atoms with van der Waals surface area (Å²) in [5.41, 5.74) is 6.43. The number of thioether (sulfide) groups is 1. The number of aromatic carboxylic acids is 1. The smallest absolute Gasteiger partial charge is 0.335 e. The molecule has 0 saturated heterocycles. The minimum Gasteiger partial charge on any atom is -1.00 e. The molecule has 0 amide bonds. The number of rotatable bonds is 3. The van der Waals surface area contributed by atoms with Gasteiger partial charge in [0.25, 0.3) is 0 Å².